The average molecular weight is 200 g/mol. The molecule has 78 valence electrons. The lowest BCUT2D eigenvalue weighted by atomic mass is 10.2. The Morgan fingerprint density at radius 1 is 1.64 bits per heavy atom. The normalized spacial score (nSPS) is 32.1. The fraction of sp³-hybridized carbons (Fsp3) is 0.750. The van der Waals surface area contributed by atoms with Gasteiger partial charge >= 0.3 is 0 Å². The molecule has 0 aromatic heterocycles. The highest BCUT2D eigenvalue weighted by molar-refractivity contribution is 5.90. The summed E-state index contributed by atoms with van der Waals surface area (Å²) in [4.78, 5) is 27.4. The zero-order valence-electron chi connectivity index (χ0n) is 7.60. The van der Waals surface area contributed by atoms with Gasteiger partial charge in [0.1, 0.15) is 18.8 Å². The van der Waals surface area contributed by atoms with Crippen molar-refractivity contribution in [2.24, 2.45) is 0 Å². The number of nitrogens with one attached hydrogen (secondary N) is 1. The Bertz CT molecular complexity index is 268. The van der Waals surface area contributed by atoms with E-state index in [4.69, 9.17) is 9.94 Å². The van der Waals surface area contributed by atoms with Crippen LogP contribution in [0, 0.1) is 0 Å². The Morgan fingerprint density at radius 3 is 2.93 bits per heavy atom. The molecule has 2 amide bonds. The highest BCUT2D eigenvalue weighted by Crippen LogP contribution is 2.13. The van der Waals surface area contributed by atoms with Crippen LogP contribution < -0.4 is 5.32 Å². The number of rotatable bonds is 1. The molecule has 0 aromatic carbocycles. The molecule has 0 saturated carbocycles. The number of aliphatic hydroxyl groups is 1. The van der Waals surface area contributed by atoms with Gasteiger partial charge < -0.3 is 10.4 Å². The largest absolute Gasteiger partial charge is 0.389 e. The van der Waals surface area contributed by atoms with E-state index in [-0.39, 0.29) is 25.0 Å². The molecule has 2 rings (SSSR count). The van der Waals surface area contributed by atoms with Crippen LogP contribution in [0.5, 0.6) is 0 Å². The average Bonchev–Trinajstić information content (AvgIpc) is 2.73. The van der Waals surface area contributed by atoms with Gasteiger partial charge in [-0.1, -0.05) is 0 Å². The highest BCUT2D eigenvalue weighted by atomic mass is 16.7. The summed E-state index contributed by atoms with van der Waals surface area (Å²) in [5.41, 5.74) is 0. The molecule has 2 heterocycles. The number of β-amino-alcohol motifs (C(OH)–C–C–N with tert-alkyl or cyclic N) is 1. The van der Waals surface area contributed by atoms with Crippen molar-refractivity contribution < 1.29 is 19.5 Å². The van der Waals surface area contributed by atoms with E-state index in [0.29, 0.717) is 12.8 Å². The molecule has 0 spiro atoms. The van der Waals surface area contributed by atoms with Crippen molar-refractivity contribution >= 4 is 11.8 Å². The van der Waals surface area contributed by atoms with Crippen LogP contribution in [0.4, 0.5) is 0 Å². The molecular formula is C8H12N2O4. The molecule has 6 heteroatoms. The molecule has 2 atom stereocenters. The maximum atomic E-state index is 11.6. The minimum atomic E-state index is -0.615. The van der Waals surface area contributed by atoms with Crippen LogP contribution in [0.25, 0.3) is 0 Å². The van der Waals surface area contributed by atoms with Crippen LogP contribution in [0.3, 0.4) is 0 Å². The quantitative estimate of drug-likeness (QED) is 0.534. The number of hydrogen-bond acceptors (Lipinski definition) is 4. The predicted molar refractivity (Wildman–Crippen MR) is 44.8 cm³/mol. The number of amides is 2. The Hall–Kier alpha value is -1.14. The molecule has 0 radical (unpaired) electrons. The second kappa shape index (κ2) is 3.55. The molecule has 2 unspecified atom stereocenters. The second-order valence-corrected chi connectivity index (χ2v) is 3.51. The van der Waals surface area contributed by atoms with Crippen LogP contribution in [0.15, 0.2) is 0 Å². The zero-order valence-corrected chi connectivity index (χ0v) is 7.60. The highest BCUT2D eigenvalue weighted by Gasteiger charge is 2.34. The van der Waals surface area contributed by atoms with Gasteiger partial charge in [-0.25, -0.2) is 5.06 Å². The van der Waals surface area contributed by atoms with Crippen molar-refractivity contribution in [2.45, 2.75) is 25.0 Å². The maximum absolute atomic E-state index is 11.6. The lowest BCUT2D eigenvalue weighted by Gasteiger charge is -2.17. The third-order valence-corrected chi connectivity index (χ3v) is 2.34. The Balaban J connectivity index is 1.92. The first-order valence-electron chi connectivity index (χ1n) is 4.58. The van der Waals surface area contributed by atoms with Crippen molar-refractivity contribution in [2.75, 3.05) is 13.2 Å². The Kier molecular flexibility index (Phi) is 2.39. The summed E-state index contributed by atoms with van der Waals surface area (Å²) in [6.07, 6.45) is 0.275. The lowest BCUT2D eigenvalue weighted by Crippen LogP contribution is -2.43. The molecule has 2 fully saturated rings. The summed E-state index contributed by atoms with van der Waals surface area (Å²) in [5, 5.41) is 12.8. The number of hydrogen-bond donors (Lipinski definition) is 2. The zero-order chi connectivity index (χ0) is 10.1. The summed E-state index contributed by atoms with van der Waals surface area (Å²) in [6.45, 7) is 0.331. The minimum absolute atomic E-state index is 0.108. The van der Waals surface area contributed by atoms with Gasteiger partial charge in [0.05, 0.1) is 6.54 Å². The predicted octanol–water partition coefficient (Wildman–Crippen LogP) is -1.60. The van der Waals surface area contributed by atoms with E-state index >= 15 is 0 Å². The van der Waals surface area contributed by atoms with Gasteiger partial charge in [-0.2, -0.15) is 0 Å². The van der Waals surface area contributed by atoms with Gasteiger partial charge in [-0.3, -0.25) is 14.4 Å². The van der Waals surface area contributed by atoms with Crippen LogP contribution >= 0.6 is 0 Å². The number of aliphatic hydroxyl groups excluding tert-OH is 1. The van der Waals surface area contributed by atoms with Crippen LogP contribution in [-0.2, 0) is 14.4 Å². The van der Waals surface area contributed by atoms with Gasteiger partial charge in [0.25, 0.3) is 5.91 Å². The molecule has 2 N–H and O–H groups in total. The molecule has 2 saturated heterocycles. The summed E-state index contributed by atoms with van der Waals surface area (Å²) < 4.78 is 0. The van der Waals surface area contributed by atoms with E-state index in [1.54, 1.807) is 0 Å². The summed E-state index contributed by atoms with van der Waals surface area (Å²) in [6, 6.07) is -0.479. The van der Waals surface area contributed by atoms with E-state index in [1.165, 1.54) is 0 Å². The van der Waals surface area contributed by atoms with E-state index < -0.39 is 12.1 Å². The third-order valence-electron chi connectivity index (χ3n) is 2.34. The Labute approximate surface area is 80.8 Å². The van der Waals surface area contributed by atoms with Gasteiger partial charge in [0.15, 0.2) is 0 Å². The molecule has 2 aliphatic heterocycles. The maximum Gasteiger partial charge on any atom is 0.268 e. The fourth-order valence-electron chi connectivity index (χ4n) is 1.60. The first kappa shape index (κ1) is 9.42. The molecule has 2 aliphatic rings. The van der Waals surface area contributed by atoms with Crippen molar-refractivity contribution in [1.82, 2.24) is 10.4 Å². The molecule has 0 bridgehead atoms. The lowest BCUT2D eigenvalue weighted by molar-refractivity contribution is -0.171. The molecule has 6 nitrogen and oxygen atoms in total. The van der Waals surface area contributed by atoms with Crippen molar-refractivity contribution in [3.05, 3.63) is 0 Å². The molecule has 0 aromatic rings. The van der Waals surface area contributed by atoms with Crippen molar-refractivity contribution in [3.8, 4) is 0 Å². The topological polar surface area (TPSA) is 78.9 Å². The monoisotopic (exact) mass is 200 g/mol. The van der Waals surface area contributed by atoms with Crippen LogP contribution in [0.1, 0.15) is 12.8 Å². The van der Waals surface area contributed by atoms with E-state index in [0.717, 1.165) is 5.06 Å². The van der Waals surface area contributed by atoms with Gasteiger partial charge in [0, 0.05) is 6.42 Å². The number of nitrogens with zero attached hydrogens (tertiary/aromatic N) is 1. The summed E-state index contributed by atoms with van der Waals surface area (Å²) in [7, 11) is 0. The molecule has 0 aliphatic carbocycles. The number of hydroxylamine groups is 2. The van der Waals surface area contributed by atoms with Crippen molar-refractivity contribution in [1.29, 1.82) is 0 Å². The standard InChI is InChI=1S/C8H12N2O4/c11-5-3-10(14-4-5)8(13)6-1-2-7(12)9-6/h5-6,11H,1-4H2,(H,9,12). The smallest absolute Gasteiger partial charge is 0.268 e. The fourth-order valence-corrected chi connectivity index (χ4v) is 1.60. The SMILES string of the molecule is O=C1CCC(C(=O)N2CC(O)CO2)N1. The number of carbonyl (C=O) groups excluding carboxylic acids is 2. The Morgan fingerprint density at radius 2 is 2.43 bits per heavy atom. The minimum Gasteiger partial charge on any atom is -0.389 e. The van der Waals surface area contributed by atoms with Crippen LogP contribution in [-0.4, -0.2) is 47.3 Å². The van der Waals surface area contributed by atoms with Crippen molar-refractivity contribution in [3.63, 3.8) is 0 Å². The van der Waals surface area contributed by atoms with Gasteiger partial charge in [0.2, 0.25) is 5.91 Å². The van der Waals surface area contributed by atoms with Gasteiger partial charge in [-0.15, -0.1) is 0 Å². The first-order valence-corrected chi connectivity index (χ1v) is 4.58. The number of carbonyl (C=O) groups is 2. The van der Waals surface area contributed by atoms with E-state index in [2.05, 4.69) is 5.32 Å². The molecule has 14 heavy (non-hydrogen) atoms. The molecular weight excluding hydrogens is 188 g/mol. The second-order valence-electron chi connectivity index (χ2n) is 3.51. The third kappa shape index (κ3) is 1.71. The van der Waals surface area contributed by atoms with E-state index in [1.807, 2.05) is 0 Å². The van der Waals surface area contributed by atoms with Gasteiger partial charge in [-0.05, 0) is 6.42 Å². The summed E-state index contributed by atoms with van der Waals surface area (Å²) in [5.74, 6) is -0.379. The van der Waals surface area contributed by atoms with E-state index in [9.17, 15) is 9.59 Å². The summed E-state index contributed by atoms with van der Waals surface area (Å²) >= 11 is 0. The first-order chi connectivity index (χ1) is 6.66. The van der Waals surface area contributed by atoms with Crippen LogP contribution in [0.2, 0.25) is 0 Å².